The van der Waals surface area contributed by atoms with Gasteiger partial charge in [0.1, 0.15) is 0 Å². The number of hydrogen-bond acceptors (Lipinski definition) is 1. The molecule has 1 nitrogen and oxygen atoms in total. The largest absolute Gasteiger partial charge is 0.383 e. The van der Waals surface area contributed by atoms with Crippen LogP contribution < -0.4 is 5.32 Å². The highest BCUT2D eigenvalue weighted by atomic mass is 14.9. The van der Waals surface area contributed by atoms with Crippen LogP contribution in [0.3, 0.4) is 0 Å². The number of rotatable bonds is 3. The highest BCUT2D eigenvalue weighted by molar-refractivity contribution is 5.47. The quantitative estimate of drug-likeness (QED) is 0.810. The van der Waals surface area contributed by atoms with E-state index >= 15 is 0 Å². The minimum atomic E-state index is 0.387. The molecule has 0 aliphatic heterocycles. The van der Waals surface area contributed by atoms with E-state index in [-0.39, 0.29) is 0 Å². The van der Waals surface area contributed by atoms with Crippen LogP contribution in [0.15, 0.2) is 60.7 Å². The van der Waals surface area contributed by atoms with Gasteiger partial charge in [-0.15, -0.1) is 0 Å². The maximum absolute atomic E-state index is 3.40. The molecule has 88 valence electrons. The fourth-order valence-electron chi connectivity index (χ4n) is 1.92. The Morgan fingerprint density at radius 1 is 0.882 bits per heavy atom. The molecule has 2 rings (SSSR count). The number of hydrogen-bond donors (Lipinski definition) is 1. The fourth-order valence-corrected chi connectivity index (χ4v) is 1.92. The molecule has 0 saturated heterocycles. The average Bonchev–Trinajstić information content (AvgIpc) is 2.58. The van der Waals surface area contributed by atoms with Crippen LogP contribution >= 0.6 is 0 Å². The van der Waals surface area contributed by atoms with Crippen LogP contribution in [-0.4, -0.2) is 6.04 Å². The van der Waals surface area contributed by atoms with E-state index in [0.717, 1.165) is 0 Å². The first-order valence-corrected chi connectivity index (χ1v) is 6.14. The Hall–Kier alpha value is -1.76. The third kappa shape index (κ3) is 3.35. The summed E-state index contributed by atoms with van der Waals surface area (Å²) in [6.45, 7) is 4.30. The van der Waals surface area contributed by atoms with E-state index in [4.69, 9.17) is 0 Å². The van der Waals surface area contributed by atoms with Crippen molar-refractivity contribution < 1.29 is 0 Å². The SMILES string of the molecule is CC(C)Nc1ccc(C2C=CC=CC=C2)cc1. The molecule has 1 heteroatoms. The first-order chi connectivity index (χ1) is 8.25. The zero-order chi connectivity index (χ0) is 12.1. The average molecular weight is 225 g/mol. The van der Waals surface area contributed by atoms with Crippen LogP contribution in [0.2, 0.25) is 0 Å². The summed E-state index contributed by atoms with van der Waals surface area (Å²) in [7, 11) is 0. The van der Waals surface area contributed by atoms with Gasteiger partial charge in [0, 0.05) is 17.6 Å². The lowest BCUT2D eigenvalue weighted by Gasteiger charge is -2.12. The topological polar surface area (TPSA) is 12.0 Å². The van der Waals surface area contributed by atoms with E-state index in [1.807, 2.05) is 0 Å². The lowest BCUT2D eigenvalue weighted by atomic mass is 9.98. The van der Waals surface area contributed by atoms with Gasteiger partial charge in [-0.3, -0.25) is 0 Å². The van der Waals surface area contributed by atoms with Gasteiger partial charge in [-0.25, -0.2) is 0 Å². The molecular formula is C16H19N. The minimum absolute atomic E-state index is 0.387. The predicted molar refractivity (Wildman–Crippen MR) is 75.4 cm³/mol. The van der Waals surface area contributed by atoms with E-state index < -0.39 is 0 Å². The van der Waals surface area contributed by atoms with Crippen LogP contribution in [0.5, 0.6) is 0 Å². The maximum Gasteiger partial charge on any atom is 0.0342 e. The zero-order valence-corrected chi connectivity index (χ0v) is 10.4. The molecule has 0 atom stereocenters. The van der Waals surface area contributed by atoms with Crippen LogP contribution in [0.4, 0.5) is 5.69 Å². The van der Waals surface area contributed by atoms with E-state index in [2.05, 4.69) is 79.9 Å². The third-order valence-electron chi connectivity index (χ3n) is 2.72. The maximum atomic E-state index is 3.40. The Morgan fingerprint density at radius 2 is 1.47 bits per heavy atom. The molecule has 0 bridgehead atoms. The summed E-state index contributed by atoms with van der Waals surface area (Å²) in [6.07, 6.45) is 12.8. The van der Waals surface area contributed by atoms with Crippen molar-refractivity contribution in [3.05, 3.63) is 66.3 Å². The smallest absolute Gasteiger partial charge is 0.0342 e. The molecule has 1 aromatic rings. The standard InChI is InChI=1S/C16H19N/c1-13(2)17-16-11-9-15(10-12-16)14-7-5-3-4-6-8-14/h3-14,17H,1-2H3. The molecule has 1 aliphatic carbocycles. The molecule has 1 aliphatic rings. The second-order valence-corrected chi connectivity index (χ2v) is 4.60. The molecule has 0 spiro atoms. The first-order valence-electron chi connectivity index (χ1n) is 6.14. The van der Waals surface area contributed by atoms with E-state index in [1.54, 1.807) is 0 Å². The monoisotopic (exact) mass is 225 g/mol. The number of allylic oxidation sites excluding steroid dienone is 6. The Morgan fingerprint density at radius 3 is 2.00 bits per heavy atom. The minimum Gasteiger partial charge on any atom is -0.383 e. The summed E-state index contributed by atoms with van der Waals surface area (Å²) in [5.41, 5.74) is 2.51. The lowest BCUT2D eigenvalue weighted by Crippen LogP contribution is -2.09. The van der Waals surface area contributed by atoms with Crippen molar-refractivity contribution in [2.75, 3.05) is 5.32 Å². The predicted octanol–water partition coefficient (Wildman–Crippen LogP) is 4.27. The third-order valence-corrected chi connectivity index (χ3v) is 2.72. The summed E-state index contributed by atoms with van der Waals surface area (Å²) in [5.74, 6) is 0.387. The van der Waals surface area contributed by atoms with Gasteiger partial charge in [-0.05, 0) is 31.5 Å². The van der Waals surface area contributed by atoms with Crippen molar-refractivity contribution in [1.29, 1.82) is 0 Å². The summed E-state index contributed by atoms with van der Waals surface area (Å²) in [4.78, 5) is 0. The van der Waals surface area contributed by atoms with Crippen molar-refractivity contribution in [3.8, 4) is 0 Å². The van der Waals surface area contributed by atoms with Crippen LogP contribution in [0.25, 0.3) is 0 Å². The molecule has 0 heterocycles. The number of nitrogens with one attached hydrogen (secondary N) is 1. The Labute approximate surface area is 104 Å². The van der Waals surface area contributed by atoms with E-state index in [9.17, 15) is 0 Å². The molecular weight excluding hydrogens is 206 g/mol. The fraction of sp³-hybridized carbons (Fsp3) is 0.250. The van der Waals surface area contributed by atoms with Gasteiger partial charge < -0.3 is 5.32 Å². The van der Waals surface area contributed by atoms with Gasteiger partial charge in [0.25, 0.3) is 0 Å². The van der Waals surface area contributed by atoms with E-state index in [1.165, 1.54) is 11.3 Å². The van der Waals surface area contributed by atoms with Crippen LogP contribution in [0, 0.1) is 0 Å². The number of anilines is 1. The molecule has 1 aromatic carbocycles. The molecule has 0 saturated carbocycles. The molecule has 0 radical (unpaired) electrons. The normalized spacial score (nSPS) is 15.2. The van der Waals surface area contributed by atoms with Crippen molar-refractivity contribution in [3.63, 3.8) is 0 Å². The molecule has 0 unspecified atom stereocenters. The van der Waals surface area contributed by atoms with E-state index in [0.29, 0.717) is 12.0 Å². The molecule has 0 fully saturated rings. The molecule has 1 N–H and O–H groups in total. The second kappa shape index (κ2) is 5.53. The number of benzene rings is 1. The summed E-state index contributed by atoms with van der Waals surface area (Å²) in [5, 5.41) is 3.40. The van der Waals surface area contributed by atoms with Crippen molar-refractivity contribution in [2.45, 2.75) is 25.8 Å². The first kappa shape index (κ1) is 11.7. The molecule has 0 aromatic heterocycles. The van der Waals surface area contributed by atoms with Gasteiger partial charge in [0.15, 0.2) is 0 Å². The van der Waals surface area contributed by atoms with Gasteiger partial charge in [-0.2, -0.15) is 0 Å². The summed E-state index contributed by atoms with van der Waals surface area (Å²) >= 11 is 0. The zero-order valence-electron chi connectivity index (χ0n) is 10.4. The molecule has 0 amide bonds. The lowest BCUT2D eigenvalue weighted by molar-refractivity contribution is 0.899. The van der Waals surface area contributed by atoms with Gasteiger partial charge >= 0.3 is 0 Å². The highest BCUT2D eigenvalue weighted by Crippen LogP contribution is 2.22. The Balaban J connectivity index is 2.12. The van der Waals surface area contributed by atoms with Gasteiger partial charge in [0.2, 0.25) is 0 Å². The van der Waals surface area contributed by atoms with Crippen LogP contribution in [0.1, 0.15) is 25.3 Å². The Bertz CT molecular complexity index is 419. The second-order valence-electron chi connectivity index (χ2n) is 4.60. The van der Waals surface area contributed by atoms with Crippen molar-refractivity contribution >= 4 is 5.69 Å². The Kier molecular flexibility index (Phi) is 3.81. The van der Waals surface area contributed by atoms with Gasteiger partial charge in [-0.1, -0.05) is 48.6 Å². The summed E-state index contributed by atoms with van der Waals surface area (Å²) < 4.78 is 0. The van der Waals surface area contributed by atoms with Crippen molar-refractivity contribution in [2.24, 2.45) is 0 Å². The molecule has 17 heavy (non-hydrogen) atoms. The van der Waals surface area contributed by atoms with Crippen molar-refractivity contribution in [1.82, 2.24) is 0 Å². The highest BCUT2D eigenvalue weighted by Gasteiger charge is 2.04. The summed E-state index contributed by atoms with van der Waals surface area (Å²) in [6, 6.07) is 9.15. The van der Waals surface area contributed by atoms with Crippen LogP contribution in [-0.2, 0) is 0 Å². The van der Waals surface area contributed by atoms with Gasteiger partial charge in [0.05, 0.1) is 0 Å².